The molecular weight excluding hydrogens is 542 g/mol. The Morgan fingerprint density at radius 3 is 2.24 bits per heavy atom. The summed E-state index contributed by atoms with van der Waals surface area (Å²) >= 11 is 6.11. The number of ether oxygens (including phenoxy) is 1. The molecule has 3 amide bonds. The van der Waals surface area contributed by atoms with E-state index in [0.29, 0.717) is 35.7 Å². The number of carbonyl (C=O) groups excluding carboxylic acids is 3. The maximum Gasteiger partial charge on any atom is 0.253 e. The first-order valence-corrected chi connectivity index (χ1v) is 14.4. The van der Waals surface area contributed by atoms with Crippen LogP contribution in [0.3, 0.4) is 0 Å². The smallest absolute Gasteiger partial charge is 0.253 e. The summed E-state index contributed by atoms with van der Waals surface area (Å²) in [7, 11) is 0. The predicted molar refractivity (Wildman–Crippen MR) is 159 cm³/mol. The summed E-state index contributed by atoms with van der Waals surface area (Å²) in [5.74, 6) is -2.46. The first kappa shape index (κ1) is 29.0. The predicted octanol–water partition coefficient (Wildman–Crippen LogP) is 4.23. The lowest BCUT2D eigenvalue weighted by molar-refractivity contribution is -0.144. The zero-order valence-corrected chi connectivity index (χ0v) is 24.0. The van der Waals surface area contributed by atoms with E-state index in [4.69, 9.17) is 16.3 Å². The van der Waals surface area contributed by atoms with Gasteiger partial charge in [-0.25, -0.2) is 0 Å². The van der Waals surface area contributed by atoms with E-state index < -0.39 is 29.1 Å². The molecule has 8 nitrogen and oxygen atoms in total. The number of fused-ring (bicyclic) bond motifs is 1. The lowest BCUT2D eigenvalue weighted by Crippen LogP contribution is -2.56. The van der Waals surface area contributed by atoms with Crippen molar-refractivity contribution in [3.05, 3.63) is 84.9 Å². The van der Waals surface area contributed by atoms with Crippen molar-refractivity contribution in [2.75, 3.05) is 36.0 Å². The van der Waals surface area contributed by atoms with Crippen molar-refractivity contribution in [2.24, 2.45) is 11.8 Å². The Hall–Kier alpha value is -3.46. The molecule has 216 valence electrons. The molecule has 5 atom stereocenters. The molecule has 0 aliphatic carbocycles. The number of aliphatic hydroxyl groups excluding tert-OH is 1. The Kier molecular flexibility index (Phi) is 8.10. The molecule has 3 fully saturated rings. The average molecular weight is 578 g/mol. The summed E-state index contributed by atoms with van der Waals surface area (Å²) in [6.45, 7) is 10.1. The number of hydrogen-bond acceptors (Lipinski definition) is 5. The lowest BCUT2D eigenvalue weighted by atomic mass is 9.66. The number of nitrogens with zero attached hydrogens (tertiary/aromatic N) is 3. The molecule has 0 aromatic heterocycles. The summed E-state index contributed by atoms with van der Waals surface area (Å²) in [6, 6.07) is 15.2. The molecule has 9 heteroatoms. The van der Waals surface area contributed by atoms with Crippen molar-refractivity contribution in [3.8, 4) is 0 Å². The minimum absolute atomic E-state index is 0.141. The van der Waals surface area contributed by atoms with Gasteiger partial charge in [-0.2, -0.15) is 0 Å². The molecule has 2 aromatic carbocycles. The first-order valence-electron chi connectivity index (χ1n) is 14.0. The Morgan fingerprint density at radius 1 is 1.02 bits per heavy atom. The quantitative estimate of drug-likeness (QED) is 0.404. The van der Waals surface area contributed by atoms with E-state index in [0.717, 1.165) is 0 Å². The maximum atomic E-state index is 14.5. The summed E-state index contributed by atoms with van der Waals surface area (Å²) in [4.78, 5) is 47.9. The molecule has 1 N–H and O–H groups in total. The fourth-order valence-electron chi connectivity index (χ4n) is 7.01. The number of halogens is 1. The number of para-hydroxylation sites is 1. The van der Waals surface area contributed by atoms with E-state index in [1.54, 1.807) is 46.2 Å². The van der Waals surface area contributed by atoms with Gasteiger partial charge in [0.05, 0.1) is 17.4 Å². The van der Waals surface area contributed by atoms with Gasteiger partial charge < -0.3 is 24.5 Å². The van der Waals surface area contributed by atoms with Gasteiger partial charge in [-0.1, -0.05) is 42.0 Å². The second-order valence-electron chi connectivity index (χ2n) is 11.1. The molecule has 0 saturated carbocycles. The van der Waals surface area contributed by atoms with Gasteiger partial charge in [-0.15, -0.1) is 13.2 Å². The van der Waals surface area contributed by atoms with Gasteiger partial charge in [0.2, 0.25) is 11.8 Å². The number of anilines is 2. The largest absolute Gasteiger partial charge is 0.396 e. The Morgan fingerprint density at radius 2 is 1.63 bits per heavy atom. The number of aliphatic hydroxyl groups is 1. The molecule has 2 aromatic rings. The van der Waals surface area contributed by atoms with Gasteiger partial charge in [-0.05, 0) is 62.6 Å². The van der Waals surface area contributed by atoms with Crippen LogP contribution in [-0.2, 0) is 19.1 Å². The van der Waals surface area contributed by atoms with E-state index in [-0.39, 0.29) is 44.0 Å². The minimum Gasteiger partial charge on any atom is -0.396 e. The minimum atomic E-state index is -1.18. The molecule has 3 saturated heterocycles. The zero-order valence-electron chi connectivity index (χ0n) is 23.2. The molecule has 41 heavy (non-hydrogen) atoms. The number of benzene rings is 2. The third-order valence-corrected chi connectivity index (χ3v) is 8.95. The van der Waals surface area contributed by atoms with Crippen molar-refractivity contribution < 1.29 is 24.2 Å². The van der Waals surface area contributed by atoms with E-state index in [1.807, 2.05) is 37.3 Å². The molecule has 1 spiro atoms. The van der Waals surface area contributed by atoms with E-state index in [1.165, 1.54) is 4.90 Å². The molecule has 0 radical (unpaired) electrons. The van der Waals surface area contributed by atoms with Crippen LogP contribution in [0.2, 0.25) is 5.02 Å². The van der Waals surface area contributed by atoms with E-state index >= 15 is 0 Å². The normalized spacial score (nSPS) is 27.9. The van der Waals surface area contributed by atoms with Crippen LogP contribution in [0.5, 0.6) is 0 Å². The summed E-state index contributed by atoms with van der Waals surface area (Å²) in [5.41, 5.74) is -0.785. The van der Waals surface area contributed by atoms with Crippen LogP contribution in [-0.4, -0.2) is 71.2 Å². The summed E-state index contributed by atoms with van der Waals surface area (Å²) in [6.07, 6.45) is 4.58. The summed E-state index contributed by atoms with van der Waals surface area (Å²) < 4.78 is 6.77. The van der Waals surface area contributed by atoms with Crippen molar-refractivity contribution >= 4 is 40.7 Å². The number of carbonyl (C=O) groups is 3. The standard InChI is InChI=1S/C32H36ClN3O5/c1-4-18-34(23-10-7-6-8-11-23)28(38)25-26-29(39)36(20-9-21-37)27(32(26)17-16-31(25,3)41-32)30(40)35(19-5-2)24-14-12-22(33)13-15-24/h4-8,10-15,25-27,37H,1-2,9,16-21H2,3H3/t25-,26-,27?,31+,32?/m0/s1. The van der Waals surface area contributed by atoms with E-state index in [2.05, 4.69) is 13.2 Å². The first-order chi connectivity index (χ1) is 19.7. The monoisotopic (exact) mass is 577 g/mol. The van der Waals surface area contributed by atoms with Crippen LogP contribution in [0.1, 0.15) is 26.2 Å². The van der Waals surface area contributed by atoms with Crippen LogP contribution in [0.4, 0.5) is 11.4 Å². The molecule has 3 aliphatic rings. The van der Waals surface area contributed by atoms with Crippen LogP contribution < -0.4 is 9.80 Å². The van der Waals surface area contributed by atoms with Gasteiger partial charge in [0.25, 0.3) is 5.91 Å². The molecule has 2 unspecified atom stereocenters. The van der Waals surface area contributed by atoms with Gasteiger partial charge in [0.1, 0.15) is 11.6 Å². The maximum absolute atomic E-state index is 14.5. The van der Waals surface area contributed by atoms with Gasteiger partial charge in [0.15, 0.2) is 0 Å². The highest BCUT2D eigenvalue weighted by Crippen LogP contribution is 2.63. The van der Waals surface area contributed by atoms with Crippen LogP contribution >= 0.6 is 11.6 Å². The van der Waals surface area contributed by atoms with E-state index in [9.17, 15) is 19.5 Å². The lowest BCUT2D eigenvalue weighted by Gasteiger charge is -2.37. The third-order valence-electron chi connectivity index (χ3n) is 8.70. The third kappa shape index (κ3) is 4.78. The van der Waals surface area contributed by atoms with Gasteiger partial charge in [-0.3, -0.25) is 14.4 Å². The second kappa shape index (κ2) is 11.4. The Labute approximate surface area is 245 Å². The van der Waals surface area contributed by atoms with Gasteiger partial charge in [0, 0.05) is 42.6 Å². The highest BCUT2D eigenvalue weighted by molar-refractivity contribution is 6.30. The fraction of sp³-hybridized carbons (Fsp3) is 0.406. The van der Waals surface area contributed by atoms with Crippen LogP contribution in [0, 0.1) is 11.8 Å². The van der Waals surface area contributed by atoms with Crippen molar-refractivity contribution in [2.45, 2.75) is 43.4 Å². The summed E-state index contributed by atoms with van der Waals surface area (Å²) in [5, 5.41) is 10.2. The van der Waals surface area contributed by atoms with Crippen LogP contribution in [0.25, 0.3) is 0 Å². The van der Waals surface area contributed by atoms with Crippen molar-refractivity contribution in [1.29, 1.82) is 0 Å². The average Bonchev–Trinajstić information content (AvgIpc) is 3.54. The van der Waals surface area contributed by atoms with Gasteiger partial charge >= 0.3 is 0 Å². The highest BCUT2D eigenvalue weighted by Gasteiger charge is 2.78. The van der Waals surface area contributed by atoms with Crippen LogP contribution in [0.15, 0.2) is 79.9 Å². The number of likely N-dealkylation sites (tertiary alicyclic amines) is 1. The Bertz CT molecular complexity index is 1330. The fourth-order valence-corrected chi connectivity index (χ4v) is 7.14. The second-order valence-corrected chi connectivity index (χ2v) is 11.6. The Balaban J connectivity index is 1.58. The number of hydrogen-bond donors (Lipinski definition) is 1. The topological polar surface area (TPSA) is 90.4 Å². The van der Waals surface area contributed by atoms with Crippen molar-refractivity contribution in [1.82, 2.24) is 4.90 Å². The molecule has 3 aliphatic heterocycles. The molecule has 5 rings (SSSR count). The number of amides is 3. The van der Waals surface area contributed by atoms with Crippen molar-refractivity contribution in [3.63, 3.8) is 0 Å². The highest BCUT2D eigenvalue weighted by atomic mass is 35.5. The molecular formula is C32H36ClN3O5. The SMILES string of the molecule is C=CCN(C(=O)C1N(CCCO)C(=O)[C@@H]2[C@@H](C(=O)N(CC=C)c3ccccc3)[C@@]3(C)CCC12O3)c1ccc(Cl)cc1. The number of rotatable bonds is 11. The molecule has 3 heterocycles. The zero-order chi connectivity index (χ0) is 29.4. The molecule has 2 bridgehead atoms.